The Balaban J connectivity index is 1.69. The van der Waals surface area contributed by atoms with Gasteiger partial charge in [0.15, 0.2) is 0 Å². The van der Waals surface area contributed by atoms with Gasteiger partial charge >= 0.3 is 0 Å². The molecule has 3 rings (SSSR count). The fourth-order valence-electron chi connectivity index (χ4n) is 2.51. The van der Waals surface area contributed by atoms with Crippen molar-refractivity contribution in [3.63, 3.8) is 0 Å². The zero-order valence-electron chi connectivity index (χ0n) is 12.7. The number of fused-ring (bicyclic) bond motifs is 1. The van der Waals surface area contributed by atoms with Crippen molar-refractivity contribution in [1.29, 1.82) is 0 Å². The van der Waals surface area contributed by atoms with Gasteiger partial charge in [-0.3, -0.25) is 4.21 Å². The summed E-state index contributed by atoms with van der Waals surface area (Å²) in [6.07, 6.45) is 1.71. The second kappa shape index (κ2) is 6.73. The van der Waals surface area contributed by atoms with E-state index in [-0.39, 0.29) is 0 Å². The van der Waals surface area contributed by atoms with Gasteiger partial charge in [-0.2, -0.15) is 0 Å². The van der Waals surface area contributed by atoms with Gasteiger partial charge in [-0.1, -0.05) is 30.3 Å². The predicted octanol–water partition coefficient (Wildman–Crippen LogP) is 4.49. The minimum atomic E-state index is -0.909. The zero-order chi connectivity index (χ0) is 15.5. The van der Waals surface area contributed by atoms with Crippen molar-refractivity contribution >= 4 is 32.2 Å². The third-order valence-electron chi connectivity index (χ3n) is 3.85. The van der Waals surface area contributed by atoms with E-state index in [2.05, 4.69) is 41.9 Å². The number of hydrogen-bond donors (Lipinski definition) is 1. The summed E-state index contributed by atoms with van der Waals surface area (Å²) in [5, 5.41) is 7.15. The molecular weight excluding hydrogens is 310 g/mol. The van der Waals surface area contributed by atoms with Crippen LogP contribution in [0.15, 0.2) is 58.8 Å². The molecule has 3 aromatic rings. The van der Waals surface area contributed by atoms with Crippen molar-refractivity contribution in [2.45, 2.75) is 24.4 Å². The lowest BCUT2D eigenvalue weighted by atomic mass is 10.1. The molecule has 0 saturated heterocycles. The van der Waals surface area contributed by atoms with E-state index in [1.807, 2.05) is 24.3 Å². The van der Waals surface area contributed by atoms with E-state index in [0.29, 0.717) is 6.04 Å². The summed E-state index contributed by atoms with van der Waals surface area (Å²) < 4.78 is 12.7. The van der Waals surface area contributed by atoms with E-state index in [0.717, 1.165) is 11.4 Å². The number of rotatable bonds is 5. The van der Waals surface area contributed by atoms with Crippen molar-refractivity contribution in [2.24, 2.45) is 0 Å². The summed E-state index contributed by atoms with van der Waals surface area (Å²) in [7, 11) is -0.909. The molecule has 114 valence electrons. The Hall–Kier alpha value is -1.49. The molecule has 0 unspecified atom stereocenters. The van der Waals surface area contributed by atoms with E-state index < -0.39 is 10.8 Å². The van der Waals surface area contributed by atoms with Gasteiger partial charge in [0.1, 0.15) is 0 Å². The Morgan fingerprint density at radius 3 is 2.59 bits per heavy atom. The molecule has 4 heteroatoms. The number of benzene rings is 2. The number of nitrogens with one attached hydrogen (secondary N) is 1. The van der Waals surface area contributed by atoms with Gasteiger partial charge in [-0.05, 0) is 47.0 Å². The molecule has 1 aromatic heterocycles. The summed E-state index contributed by atoms with van der Waals surface area (Å²) in [5.41, 5.74) is 2.56. The first-order valence-corrected chi connectivity index (χ1v) is 9.71. The highest BCUT2D eigenvalue weighted by Gasteiger charge is 2.10. The van der Waals surface area contributed by atoms with Gasteiger partial charge in [-0.25, -0.2) is 0 Å². The molecule has 1 heterocycles. The van der Waals surface area contributed by atoms with Crippen molar-refractivity contribution in [1.82, 2.24) is 5.32 Å². The summed E-state index contributed by atoms with van der Waals surface area (Å²) in [5.74, 6) is 0. The van der Waals surface area contributed by atoms with Crippen LogP contribution in [0.1, 0.15) is 24.1 Å². The van der Waals surface area contributed by atoms with Crippen LogP contribution in [0.4, 0.5) is 0 Å². The van der Waals surface area contributed by atoms with Gasteiger partial charge in [0.2, 0.25) is 0 Å². The van der Waals surface area contributed by atoms with Crippen LogP contribution >= 0.6 is 11.3 Å². The van der Waals surface area contributed by atoms with Crippen molar-refractivity contribution in [3.8, 4) is 0 Å². The molecule has 0 aliphatic carbocycles. The molecule has 0 radical (unpaired) electrons. The second-order valence-corrected chi connectivity index (χ2v) is 7.68. The lowest BCUT2D eigenvalue weighted by Crippen LogP contribution is -2.17. The zero-order valence-corrected chi connectivity index (χ0v) is 14.3. The van der Waals surface area contributed by atoms with Crippen LogP contribution in [0.5, 0.6) is 0 Å². The van der Waals surface area contributed by atoms with Gasteiger partial charge in [0.25, 0.3) is 0 Å². The fourth-order valence-corrected chi connectivity index (χ4v) is 4.09. The van der Waals surface area contributed by atoms with Gasteiger partial charge in [-0.15, -0.1) is 11.3 Å². The van der Waals surface area contributed by atoms with Gasteiger partial charge < -0.3 is 5.32 Å². The molecule has 22 heavy (non-hydrogen) atoms. The van der Waals surface area contributed by atoms with Crippen LogP contribution in [0.2, 0.25) is 0 Å². The molecule has 1 N–H and O–H groups in total. The molecule has 2 aromatic carbocycles. The quantitative estimate of drug-likeness (QED) is 0.747. The molecule has 0 aliphatic rings. The maximum atomic E-state index is 11.4. The summed E-state index contributed by atoms with van der Waals surface area (Å²) in [6, 6.07) is 16.8. The van der Waals surface area contributed by atoms with Crippen molar-refractivity contribution < 1.29 is 4.21 Å². The highest BCUT2D eigenvalue weighted by Crippen LogP contribution is 2.30. The Bertz CT molecular complexity index is 792. The predicted molar refractivity (Wildman–Crippen MR) is 95.9 cm³/mol. The van der Waals surface area contributed by atoms with Crippen LogP contribution < -0.4 is 5.32 Å². The van der Waals surface area contributed by atoms with Crippen LogP contribution in [0.3, 0.4) is 0 Å². The maximum Gasteiger partial charge on any atom is 0.0498 e. The lowest BCUT2D eigenvalue weighted by molar-refractivity contribution is 0.579. The average Bonchev–Trinajstić information content (AvgIpc) is 2.97. The first-order chi connectivity index (χ1) is 10.6. The molecule has 0 bridgehead atoms. The van der Waals surface area contributed by atoms with Gasteiger partial charge in [0.05, 0.1) is 0 Å². The highest BCUT2D eigenvalue weighted by atomic mass is 32.2. The molecule has 2 nitrogen and oxygen atoms in total. The third-order valence-corrected chi connectivity index (χ3v) is 5.76. The molecular formula is C18H19NOS2. The van der Waals surface area contributed by atoms with Crippen LogP contribution in [0, 0.1) is 0 Å². The molecule has 0 spiro atoms. The molecule has 0 amide bonds. The topological polar surface area (TPSA) is 29.1 Å². The third kappa shape index (κ3) is 3.29. The maximum absolute atomic E-state index is 11.4. The van der Waals surface area contributed by atoms with Gasteiger partial charge in [0, 0.05) is 39.2 Å². The molecule has 0 fully saturated rings. The van der Waals surface area contributed by atoms with Crippen molar-refractivity contribution in [3.05, 3.63) is 65.0 Å². The van der Waals surface area contributed by atoms with E-state index >= 15 is 0 Å². The van der Waals surface area contributed by atoms with E-state index in [4.69, 9.17) is 0 Å². The Morgan fingerprint density at radius 1 is 1.14 bits per heavy atom. The fraction of sp³-hybridized carbons (Fsp3) is 0.222. The summed E-state index contributed by atoms with van der Waals surface area (Å²) in [4.78, 5) is 0.876. The molecule has 0 aliphatic heterocycles. The summed E-state index contributed by atoms with van der Waals surface area (Å²) >= 11 is 1.80. The monoisotopic (exact) mass is 329 g/mol. The Labute approximate surface area is 137 Å². The van der Waals surface area contributed by atoms with Crippen molar-refractivity contribution in [2.75, 3.05) is 6.26 Å². The average molecular weight is 329 g/mol. The Kier molecular flexibility index (Phi) is 4.71. The minimum absolute atomic E-state index is 0.302. The first kappa shape index (κ1) is 15.4. The van der Waals surface area contributed by atoms with Crippen LogP contribution in [0.25, 0.3) is 10.1 Å². The second-order valence-electron chi connectivity index (χ2n) is 5.39. The SMILES string of the molecule is C[C@@H](NCc1ccc([S@](C)=O)cc1)c1csc2ccccc12. The number of hydrogen-bond acceptors (Lipinski definition) is 3. The van der Waals surface area contributed by atoms with E-state index in [1.54, 1.807) is 17.6 Å². The van der Waals surface area contributed by atoms with Crippen LogP contribution in [-0.2, 0) is 17.3 Å². The molecule has 0 saturated carbocycles. The van der Waals surface area contributed by atoms with Crippen LogP contribution in [-0.4, -0.2) is 10.5 Å². The molecule has 2 atom stereocenters. The Morgan fingerprint density at radius 2 is 1.86 bits per heavy atom. The standard InChI is InChI=1S/C18H19NOS2/c1-13(17-12-21-18-6-4-3-5-16(17)18)19-11-14-7-9-15(10-8-14)22(2)20/h3-10,12-13,19H,11H2,1-2H3/t13-,22+/m1/s1. The highest BCUT2D eigenvalue weighted by molar-refractivity contribution is 7.84. The normalized spacial score (nSPS) is 14.1. The number of thiophene rings is 1. The minimum Gasteiger partial charge on any atom is -0.306 e. The summed E-state index contributed by atoms with van der Waals surface area (Å²) in [6.45, 7) is 3.01. The first-order valence-electron chi connectivity index (χ1n) is 7.27. The van der Waals surface area contributed by atoms with E-state index in [9.17, 15) is 4.21 Å². The smallest absolute Gasteiger partial charge is 0.0498 e. The van der Waals surface area contributed by atoms with E-state index in [1.165, 1.54) is 21.2 Å². The largest absolute Gasteiger partial charge is 0.306 e. The lowest BCUT2D eigenvalue weighted by Gasteiger charge is -2.13.